The Morgan fingerprint density at radius 1 is 0.380 bits per heavy atom. The molecule has 0 atom stereocenters. The Hall–Kier alpha value is -17.6. The zero-order valence-corrected chi connectivity index (χ0v) is 87.2. The molecule has 0 bridgehead atoms. The molecule has 26 nitrogen and oxygen atoms in total. The van der Waals surface area contributed by atoms with E-state index in [-0.39, 0.29) is 46.5 Å². The second-order valence-corrected chi connectivity index (χ2v) is 35.2. The lowest BCUT2D eigenvalue weighted by atomic mass is 9.86. The normalized spacial score (nSPS) is 10.9. The molecule has 0 spiro atoms. The van der Waals surface area contributed by atoms with Crippen LogP contribution in [0.1, 0.15) is 168 Å². The molecule has 150 heavy (non-hydrogen) atoms. The van der Waals surface area contributed by atoms with Crippen LogP contribution in [0.5, 0.6) is 111 Å². The lowest BCUT2D eigenvalue weighted by molar-refractivity contribution is -0.274. The van der Waals surface area contributed by atoms with Crippen molar-refractivity contribution in [1.29, 1.82) is 5.26 Å². The number of halogens is 7. The fourth-order valence-corrected chi connectivity index (χ4v) is 13.1. The van der Waals surface area contributed by atoms with Gasteiger partial charge in [0.1, 0.15) is 63.2 Å². The van der Waals surface area contributed by atoms with E-state index in [1.54, 1.807) is 131 Å². The van der Waals surface area contributed by atoms with Crippen LogP contribution in [0.25, 0.3) is 14.5 Å². The van der Waals surface area contributed by atoms with E-state index in [2.05, 4.69) is 115 Å². The topological polar surface area (TPSA) is 280 Å². The molecule has 1 saturated carbocycles. The predicted octanol–water partition coefficient (Wildman–Crippen LogP) is 32.7. The van der Waals surface area contributed by atoms with Gasteiger partial charge in [0.15, 0.2) is 17.1 Å². The van der Waals surface area contributed by atoms with Gasteiger partial charge in [0.2, 0.25) is 29.4 Å². The largest absolute Gasteiger partial charge is 0.573 e. The number of methoxy groups -OCH3 is 1. The third-order valence-electron chi connectivity index (χ3n) is 21.2. The smallest absolute Gasteiger partial charge is 0.496 e. The van der Waals surface area contributed by atoms with Gasteiger partial charge in [-0.2, -0.15) is 18.4 Å². The molecular weight excluding hydrogens is 1940 g/mol. The van der Waals surface area contributed by atoms with Gasteiger partial charge in [-0.1, -0.05) is 120 Å². The summed E-state index contributed by atoms with van der Waals surface area (Å²) in [7, 11) is 1.65. The van der Waals surface area contributed by atoms with Gasteiger partial charge in [-0.25, -0.2) is 69.4 Å². The Morgan fingerprint density at radius 2 is 0.773 bits per heavy atom. The Kier molecular flexibility index (Phi) is 43.4. The monoisotopic (exact) mass is 2050 g/mol. The van der Waals surface area contributed by atoms with Crippen LogP contribution in [0, 0.1) is 107 Å². The standard InChI is InChI=1S/C17H18N2O.C16H14N2O.C14H9F3N2O.C14H12F3NO2.C14H13N3O.C14H16N2O2.C14H16N2O.C14H15NO2.ClH/c1-12-6-9-16(19-11-12)20-15-8-7-13(18-5)10-14(15)17(2,3)4;1-11-3-8-16(18-10-11)19-15-7-6-13(17-2)9-14(15)12-4-5-12;1-9-2-5-13(19-8-9)20-12-4-3-10(7-18)6-11(12)14(15,16)17;1-9-3-6-13(18-8-9)19-11-5-4-10(2)12(7-11)20-14(15,16)17;1-4-11-7-12(5-6-13(11)15-3)18-14-16-8-10(2)9-17-14;1-4-17-13-7-12(6-5-11(13)3)18-14-15-8-10(2)9-16-14;1-10(2)12-5-4-6-13(7-12)17-14-15-8-11(3)9-16-14;1-10-7-8-14(15-9-10)17-13-6-4-5-12(16-3)11(13)2;/h6-11H,1-4H3;3,6-10,12H,4-5H2,1H3;2-6,8H,1H3;3-8H,1-2H3;5-9H,4H2,1-2H3;5-9H,4H2,1-3H3;4-10H,1-3H3;4-9H,1-3H3;1H. The van der Waals surface area contributed by atoms with Crippen molar-refractivity contribution in [2.75, 3.05) is 13.7 Å². The maximum atomic E-state index is 12.9. The molecule has 772 valence electrons. The second-order valence-electron chi connectivity index (χ2n) is 35.2. The highest BCUT2D eigenvalue weighted by atomic mass is 35.5. The van der Waals surface area contributed by atoms with Crippen LogP contribution in [0.3, 0.4) is 0 Å². The number of nitrogens with zero attached hydrogens (tertiary/aromatic N) is 15. The van der Waals surface area contributed by atoms with Crippen molar-refractivity contribution in [3.05, 3.63) is 409 Å². The van der Waals surface area contributed by atoms with E-state index in [1.807, 2.05) is 197 Å². The third kappa shape index (κ3) is 38.1. The minimum atomic E-state index is -4.73. The van der Waals surface area contributed by atoms with Gasteiger partial charge < -0.3 is 52.1 Å². The number of alkyl halides is 6. The average molecular weight is 2060 g/mol. The summed E-state index contributed by atoms with van der Waals surface area (Å²) in [5.74, 6) is 8.79. The molecule has 1 aliphatic rings. The SMILES string of the molecule is CCOc1cc(Oc2ncc(C)cn2)ccc1C.COc1cccc(Oc2ccc(C)cn2)c1C.Cc1ccc(Oc2ccc(C#N)cc2C(F)(F)F)nc1.Cc1ccc(Oc2ccc(C)c(OC(F)(F)F)c2)nc1.Cc1cnc(Oc2cccc(C(C)C)c2)nc1.Cl.[C-]#[N+]c1ccc(Oc2ccc(C)cn2)c(C(C)(C)C)c1.[C-]#[N+]c1ccc(Oc2ccc(C)cn2)c(C2CC2)c1.[C-]#[N+]c1ccc(Oc2ncc(C)cn2)cc1CC. The molecule has 0 aliphatic heterocycles. The van der Waals surface area contributed by atoms with Crippen molar-refractivity contribution in [2.24, 2.45) is 0 Å². The van der Waals surface area contributed by atoms with Crippen molar-refractivity contribution >= 4 is 29.5 Å². The number of aromatic nitrogens is 11. The summed E-state index contributed by atoms with van der Waals surface area (Å²) in [6.07, 6.45) is 12.6. The molecule has 8 heterocycles. The van der Waals surface area contributed by atoms with Crippen LogP contribution < -0.4 is 52.1 Å². The van der Waals surface area contributed by atoms with Crippen LogP contribution in [0.4, 0.5) is 43.4 Å². The van der Waals surface area contributed by atoms with Crippen molar-refractivity contribution in [3.8, 4) is 117 Å². The fraction of sp³-hybridized carbons (Fsp3) is 0.239. The highest BCUT2D eigenvalue weighted by molar-refractivity contribution is 5.85. The number of rotatable bonds is 23. The van der Waals surface area contributed by atoms with Gasteiger partial charge in [0, 0.05) is 116 Å². The number of hydrogen-bond donors (Lipinski definition) is 0. The summed E-state index contributed by atoms with van der Waals surface area (Å²) < 4.78 is 135. The quantitative estimate of drug-likeness (QED) is 0.0425. The zero-order valence-electron chi connectivity index (χ0n) is 86.4. The molecule has 1 aliphatic carbocycles. The maximum Gasteiger partial charge on any atom is 0.573 e. The van der Waals surface area contributed by atoms with Crippen LogP contribution >= 0.6 is 12.4 Å². The molecule has 33 heteroatoms. The molecule has 8 aromatic carbocycles. The summed E-state index contributed by atoms with van der Waals surface area (Å²) in [5, 5.41) is 8.67. The van der Waals surface area contributed by atoms with Crippen LogP contribution in [0.2, 0.25) is 0 Å². The number of ether oxygens (including phenoxy) is 11. The molecule has 16 aromatic rings. The first kappa shape index (κ1) is 116. The first-order valence-corrected chi connectivity index (χ1v) is 47.1. The van der Waals surface area contributed by atoms with Crippen molar-refractivity contribution in [3.63, 3.8) is 0 Å². The molecule has 8 aromatic heterocycles. The molecule has 1 fully saturated rings. The summed E-state index contributed by atoms with van der Waals surface area (Å²) in [5.41, 5.74) is 15.7. The van der Waals surface area contributed by atoms with Gasteiger partial charge in [0.05, 0.1) is 50.6 Å². The molecule has 17 rings (SSSR count). The Morgan fingerprint density at radius 3 is 1.19 bits per heavy atom. The number of aryl methyl sites for hydroxylation is 11. The molecule has 0 radical (unpaired) electrons. The Bertz CT molecular complexity index is 7130. The Balaban J connectivity index is 0.000000190. The molecular formula is C117H114ClF6N15O11. The Labute approximate surface area is 876 Å². The number of nitriles is 1. The number of pyridine rings is 5. The van der Waals surface area contributed by atoms with Crippen molar-refractivity contribution < 1.29 is 78.4 Å². The number of hydrogen-bond acceptors (Lipinski definition) is 23. The molecule has 0 N–H and O–H groups in total. The van der Waals surface area contributed by atoms with Gasteiger partial charge in [0.25, 0.3) is 0 Å². The lowest BCUT2D eigenvalue weighted by Gasteiger charge is -2.23. The van der Waals surface area contributed by atoms with E-state index in [9.17, 15) is 26.3 Å². The second kappa shape index (κ2) is 56.2. The first-order valence-electron chi connectivity index (χ1n) is 47.1. The summed E-state index contributed by atoms with van der Waals surface area (Å²) in [6, 6.07) is 64.0. The predicted molar refractivity (Wildman–Crippen MR) is 566 cm³/mol. The van der Waals surface area contributed by atoms with E-state index >= 15 is 0 Å². The lowest BCUT2D eigenvalue weighted by Crippen LogP contribution is -2.17. The average Bonchev–Trinajstić information content (AvgIpc) is 1.75. The summed E-state index contributed by atoms with van der Waals surface area (Å²) >= 11 is 0. The van der Waals surface area contributed by atoms with E-state index in [0.717, 1.165) is 125 Å². The van der Waals surface area contributed by atoms with E-state index in [0.29, 0.717) is 94.1 Å². The molecule has 0 amide bonds. The minimum Gasteiger partial charge on any atom is -0.496 e. The molecule has 0 unspecified atom stereocenters. The third-order valence-corrected chi connectivity index (χ3v) is 21.2. The highest BCUT2D eigenvalue weighted by Gasteiger charge is 2.36. The van der Waals surface area contributed by atoms with Gasteiger partial charge >= 0.3 is 30.6 Å². The zero-order chi connectivity index (χ0) is 108. The van der Waals surface area contributed by atoms with E-state index in [4.69, 9.17) is 72.3 Å². The highest BCUT2D eigenvalue weighted by Crippen LogP contribution is 2.47. The summed E-state index contributed by atoms with van der Waals surface area (Å²) in [6.45, 7) is 57.4. The van der Waals surface area contributed by atoms with Crippen molar-refractivity contribution in [2.45, 2.75) is 174 Å². The maximum absolute atomic E-state index is 12.9. The first-order chi connectivity index (χ1) is 71.1. The van der Waals surface area contributed by atoms with Gasteiger partial charge in [-0.15, -0.1) is 25.6 Å². The fourth-order valence-electron chi connectivity index (χ4n) is 13.1. The van der Waals surface area contributed by atoms with Crippen molar-refractivity contribution in [1.82, 2.24) is 54.8 Å². The minimum absolute atomic E-state index is 0. The van der Waals surface area contributed by atoms with Gasteiger partial charge in [-0.05, 0) is 288 Å². The van der Waals surface area contributed by atoms with Crippen LogP contribution in [-0.2, 0) is 18.0 Å². The van der Waals surface area contributed by atoms with Crippen LogP contribution in [-0.4, -0.2) is 74.9 Å². The number of benzene rings is 8. The van der Waals surface area contributed by atoms with E-state index < -0.39 is 18.1 Å². The van der Waals surface area contributed by atoms with Gasteiger partial charge in [-0.3, -0.25) is 0 Å². The van der Waals surface area contributed by atoms with Crippen LogP contribution in [0.15, 0.2) is 280 Å². The van der Waals surface area contributed by atoms with E-state index in [1.165, 1.54) is 55.8 Å². The summed E-state index contributed by atoms with van der Waals surface area (Å²) in [4.78, 5) is 55.6. The molecule has 0 saturated heterocycles.